The number of piperazine rings is 1. The van der Waals surface area contributed by atoms with Crippen molar-refractivity contribution in [1.82, 2.24) is 15.1 Å². The number of anilines is 1. The number of nitrogens with one attached hydrogen (secondary N) is 1. The summed E-state index contributed by atoms with van der Waals surface area (Å²) in [4.78, 5) is 30.8. The van der Waals surface area contributed by atoms with Gasteiger partial charge in [-0.2, -0.15) is 0 Å². The molecule has 0 aromatic heterocycles. The predicted octanol–water partition coefficient (Wildman–Crippen LogP) is 0.824. The van der Waals surface area contributed by atoms with Gasteiger partial charge in [0.15, 0.2) is 0 Å². The first-order valence-corrected chi connectivity index (χ1v) is 9.52. The number of rotatable bonds is 3. The molecule has 6 nitrogen and oxygen atoms in total. The number of carbonyl (C=O) groups excluding carboxylic acids is 2. The maximum atomic E-state index is 14.0. The summed E-state index contributed by atoms with van der Waals surface area (Å²) >= 11 is 0. The highest BCUT2D eigenvalue weighted by Gasteiger charge is 2.40. The van der Waals surface area contributed by atoms with Gasteiger partial charge < -0.3 is 15.1 Å². The van der Waals surface area contributed by atoms with Gasteiger partial charge in [-0.25, -0.2) is 8.78 Å². The lowest BCUT2D eigenvalue weighted by Crippen LogP contribution is -2.49. The molecule has 0 aliphatic carbocycles. The van der Waals surface area contributed by atoms with Gasteiger partial charge in [0.25, 0.3) is 0 Å². The summed E-state index contributed by atoms with van der Waals surface area (Å²) in [5, 5.41) is 3.33. The zero-order valence-electron chi connectivity index (χ0n) is 15.2. The molecule has 1 aromatic rings. The number of amides is 2. The SMILES string of the molecule is O=C(C1CC(=O)N(c2ccc(F)cc2F)C1)N1CCC(N2CCNCC2)C1. The van der Waals surface area contributed by atoms with E-state index < -0.39 is 17.6 Å². The molecule has 8 heteroatoms. The maximum Gasteiger partial charge on any atom is 0.228 e. The van der Waals surface area contributed by atoms with Crippen LogP contribution in [0.5, 0.6) is 0 Å². The van der Waals surface area contributed by atoms with Crippen LogP contribution in [0.15, 0.2) is 18.2 Å². The lowest BCUT2D eigenvalue weighted by molar-refractivity contribution is -0.135. The number of benzene rings is 1. The Morgan fingerprint density at radius 1 is 1.11 bits per heavy atom. The molecule has 0 bridgehead atoms. The van der Waals surface area contributed by atoms with E-state index in [0.717, 1.165) is 44.7 Å². The smallest absolute Gasteiger partial charge is 0.228 e. The Balaban J connectivity index is 1.39. The molecule has 1 aromatic carbocycles. The number of halogens is 2. The van der Waals surface area contributed by atoms with Crippen molar-refractivity contribution in [1.29, 1.82) is 0 Å². The van der Waals surface area contributed by atoms with Gasteiger partial charge in [0.2, 0.25) is 11.8 Å². The van der Waals surface area contributed by atoms with Gasteiger partial charge in [-0.1, -0.05) is 0 Å². The van der Waals surface area contributed by atoms with E-state index in [0.29, 0.717) is 19.1 Å². The van der Waals surface area contributed by atoms with Crippen LogP contribution >= 0.6 is 0 Å². The Kier molecular flexibility index (Phi) is 5.10. The highest BCUT2D eigenvalue weighted by Crippen LogP contribution is 2.30. The topological polar surface area (TPSA) is 55.9 Å². The van der Waals surface area contributed by atoms with E-state index in [1.165, 1.54) is 11.0 Å². The number of carbonyl (C=O) groups is 2. The fraction of sp³-hybridized carbons (Fsp3) is 0.579. The van der Waals surface area contributed by atoms with Gasteiger partial charge in [-0.3, -0.25) is 14.5 Å². The van der Waals surface area contributed by atoms with Gasteiger partial charge in [0, 0.05) is 64.3 Å². The normalized spacial score (nSPS) is 26.8. The van der Waals surface area contributed by atoms with Crippen molar-refractivity contribution >= 4 is 17.5 Å². The molecule has 4 rings (SSSR count). The van der Waals surface area contributed by atoms with Crippen LogP contribution in [0.25, 0.3) is 0 Å². The van der Waals surface area contributed by atoms with Crippen LogP contribution in [0.4, 0.5) is 14.5 Å². The molecule has 146 valence electrons. The van der Waals surface area contributed by atoms with Gasteiger partial charge in [-0.05, 0) is 18.6 Å². The van der Waals surface area contributed by atoms with E-state index in [2.05, 4.69) is 10.2 Å². The average molecular weight is 378 g/mol. The van der Waals surface area contributed by atoms with Crippen molar-refractivity contribution in [3.63, 3.8) is 0 Å². The van der Waals surface area contributed by atoms with Crippen molar-refractivity contribution in [2.75, 3.05) is 50.7 Å². The highest BCUT2D eigenvalue weighted by atomic mass is 19.1. The second-order valence-electron chi connectivity index (χ2n) is 7.51. The minimum absolute atomic E-state index is 0.0361. The van der Waals surface area contributed by atoms with Crippen molar-refractivity contribution < 1.29 is 18.4 Å². The zero-order chi connectivity index (χ0) is 19.0. The Morgan fingerprint density at radius 2 is 1.89 bits per heavy atom. The third-order valence-electron chi connectivity index (χ3n) is 5.82. The minimum Gasteiger partial charge on any atom is -0.341 e. The quantitative estimate of drug-likeness (QED) is 0.846. The van der Waals surface area contributed by atoms with Crippen LogP contribution in [0.3, 0.4) is 0 Å². The van der Waals surface area contributed by atoms with E-state index in [4.69, 9.17) is 0 Å². The summed E-state index contributed by atoms with van der Waals surface area (Å²) in [6, 6.07) is 3.51. The fourth-order valence-corrected chi connectivity index (χ4v) is 4.35. The summed E-state index contributed by atoms with van der Waals surface area (Å²) in [7, 11) is 0. The van der Waals surface area contributed by atoms with E-state index in [1.807, 2.05) is 4.90 Å². The fourth-order valence-electron chi connectivity index (χ4n) is 4.35. The first kappa shape index (κ1) is 18.3. The third kappa shape index (κ3) is 3.68. The molecular formula is C19H24F2N4O2. The Morgan fingerprint density at radius 3 is 2.63 bits per heavy atom. The zero-order valence-corrected chi connectivity index (χ0v) is 15.2. The monoisotopic (exact) mass is 378 g/mol. The maximum absolute atomic E-state index is 14.0. The number of hydrogen-bond donors (Lipinski definition) is 1. The first-order chi connectivity index (χ1) is 13.0. The lowest BCUT2D eigenvalue weighted by Gasteiger charge is -2.32. The average Bonchev–Trinajstić information content (AvgIpc) is 3.29. The number of likely N-dealkylation sites (tertiary alicyclic amines) is 1. The molecule has 3 aliphatic heterocycles. The molecular weight excluding hydrogens is 354 g/mol. The molecule has 3 saturated heterocycles. The summed E-state index contributed by atoms with van der Waals surface area (Å²) in [5.41, 5.74) is 0.0387. The highest BCUT2D eigenvalue weighted by molar-refractivity contribution is 6.00. The van der Waals surface area contributed by atoms with Gasteiger partial charge in [0.05, 0.1) is 11.6 Å². The molecule has 2 atom stereocenters. The van der Waals surface area contributed by atoms with E-state index >= 15 is 0 Å². The molecule has 0 saturated carbocycles. The Labute approximate surface area is 157 Å². The summed E-state index contributed by atoms with van der Waals surface area (Å²) in [6.07, 6.45) is 1.02. The largest absolute Gasteiger partial charge is 0.341 e. The molecule has 0 radical (unpaired) electrons. The van der Waals surface area contributed by atoms with Gasteiger partial charge in [0.1, 0.15) is 11.6 Å². The van der Waals surface area contributed by atoms with Crippen LogP contribution in [-0.2, 0) is 9.59 Å². The van der Waals surface area contributed by atoms with Crippen LogP contribution in [0.2, 0.25) is 0 Å². The molecule has 2 unspecified atom stereocenters. The minimum atomic E-state index is -0.781. The van der Waals surface area contributed by atoms with Crippen molar-refractivity contribution in [3.8, 4) is 0 Å². The van der Waals surface area contributed by atoms with Crippen LogP contribution in [-0.4, -0.2) is 73.5 Å². The standard InChI is InChI=1S/C19H24F2N4O2/c20-14-1-2-17(16(21)10-14)25-11-13(9-18(25)26)19(27)24-6-3-15(12-24)23-7-4-22-5-8-23/h1-2,10,13,15,22H,3-9,11-12H2. The molecule has 2 amide bonds. The molecule has 1 N–H and O–H groups in total. The van der Waals surface area contributed by atoms with E-state index in [9.17, 15) is 18.4 Å². The summed E-state index contributed by atoms with van der Waals surface area (Å²) in [6.45, 7) is 5.46. The van der Waals surface area contributed by atoms with Crippen LogP contribution < -0.4 is 10.2 Å². The number of hydrogen-bond acceptors (Lipinski definition) is 4. The Hall–Kier alpha value is -2.06. The first-order valence-electron chi connectivity index (χ1n) is 9.52. The van der Waals surface area contributed by atoms with Crippen LogP contribution in [0, 0.1) is 17.6 Å². The molecule has 27 heavy (non-hydrogen) atoms. The van der Waals surface area contributed by atoms with Crippen molar-refractivity contribution in [2.45, 2.75) is 18.9 Å². The van der Waals surface area contributed by atoms with Crippen LogP contribution in [0.1, 0.15) is 12.8 Å². The summed E-state index contributed by atoms with van der Waals surface area (Å²) < 4.78 is 27.1. The van der Waals surface area contributed by atoms with Crippen molar-refractivity contribution in [3.05, 3.63) is 29.8 Å². The second-order valence-corrected chi connectivity index (χ2v) is 7.51. The molecule has 3 fully saturated rings. The predicted molar refractivity (Wildman–Crippen MR) is 96.2 cm³/mol. The molecule has 3 aliphatic rings. The Bertz CT molecular complexity index is 738. The van der Waals surface area contributed by atoms with E-state index in [1.54, 1.807) is 0 Å². The third-order valence-corrected chi connectivity index (χ3v) is 5.82. The lowest BCUT2D eigenvalue weighted by atomic mass is 10.1. The summed E-state index contributed by atoms with van der Waals surface area (Å²) in [5.74, 6) is -2.27. The van der Waals surface area contributed by atoms with Crippen molar-refractivity contribution in [2.24, 2.45) is 5.92 Å². The molecule has 0 spiro atoms. The van der Waals surface area contributed by atoms with E-state index in [-0.39, 0.29) is 30.5 Å². The van der Waals surface area contributed by atoms with Gasteiger partial charge in [-0.15, -0.1) is 0 Å². The van der Waals surface area contributed by atoms with Gasteiger partial charge >= 0.3 is 0 Å². The second kappa shape index (κ2) is 7.52. The molecule has 3 heterocycles. The number of nitrogens with zero attached hydrogens (tertiary/aromatic N) is 3.